The van der Waals surface area contributed by atoms with Crippen LogP contribution >= 0.6 is 0 Å². The van der Waals surface area contributed by atoms with Crippen molar-refractivity contribution in [2.75, 3.05) is 18.5 Å². The predicted molar refractivity (Wildman–Crippen MR) is 81.3 cm³/mol. The summed E-state index contributed by atoms with van der Waals surface area (Å²) in [6, 6.07) is 6.20. The van der Waals surface area contributed by atoms with E-state index in [1.807, 2.05) is 6.92 Å². The molecule has 0 fully saturated rings. The van der Waals surface area contributed by atoms with Crippen molar-refractivity contribution in [3.05, 3.63) is 47.4 Å². The van der Waals surface area contributed by atoms with Gasteiger partial charge in [-0.05, 0) is 38.3 Å². The summed E-state index contributed by atoms with van der Waals surface area (Å²) in [6.07, 6.45) is 4.40. The van der Waals surface area contributed by atoms with E-state index < -0.39 is 0 Å². The molecule has 2 rings (SSSR count). The maximum Gasteiger partial charge on any atom is 0.144 e. The first-order valence-electron chi connectivity index (χ1n) is 6.88. The smallest absolute Gasteiger partial charge is 0.144 e. The minimum Gasteiger partial charge on any atom is -0.493 e. The molecule has 1 heterocycles. The molecule has 106 valence electrons. The molecular formula is C16H21N3O. The van der Waals surface area contributed by atoms with Crippen LogP contribution in [-0.2, 0) is 0 Å². The highest BCUT2D eigenvalue weighted by Crippen LogP contribution is 2.22. The standard InChI is InChI=1S/C16H21N3O/c1-12-6-4-7-13(2)16(12)20-9-5-8-18-15-11-17-10-14(3)19-15/h4,6-7,10-11H,5,8-9H2,1-3H3,(H,18,19). The molecule has 20 heavy (non-hydrogen) atoms. The number of ether oxygens (including phenoxy) is 1. The molecule has 1 aromatic carbocycles. The fourth-order valence-corrected chi connectivity index (χ4v) is 2.04. The lowest BCUT2D eigenvalue weighted by molar-refractivity contribution is 0.311. The number of aryl methyl sites for hydroxylation is 3. The van der Waals surface area contributed by atoms with Crippen LogP contribution in [0.1, 0.15) is 23.2 Å². The predicted octanol–water partition coefficient (Wildman–Crippen LogP) is 3.28. The zero-order chi connectivity index (χ0) is 14.4. The first-order chi connectivity index (χ1) is 9.66. The van der Waals surface area contributed by atoms with Crippen LogP contribution in [0.5, 0.6) is 5.75 Å². The Labute approximate surface area is 120 Å². The van der Waals surface area contributed by atoms with Gasteiger partial charge in [0.1, 0.15) is 11.6 Å². The minimum atomic E-state index is 0.692. The summed E-state index contributed by atoms with van der Waals surface area (Å²) in [5.41, 5.74) is 3.28. The largest absolute Gasteiger partial charge is 0.493 e. The van der Waals surface area contributed by atoms with Crippen molar-refractivity contribution in [1.29, 1.82) is 0 Å². The maximum absolute atomic E-state index is 5.85. The van der Waals surface area contributed by atoms with Gasteiger partial charge in [0.05, 0.1) is 18.5 Å². The zero-order valence-corrected chi connectivity index (χ0v) is 12.3. The lowest BCUT2D eigenvalue weighted by Gasteiger charge is -2.12. The van der Waals surface area contributed by atoms with Gasteiger partial charge in [-0.1, -0.05) is 18.2 Å². The number of rotatable bonds is 6. The number of hydrogen-bond donors (Lipinski definition) is 1. The Morgan fingerprint density at radius 2 is 1.85 bits per heavy atom. The van der Waals surface area contributed by atoms with E-state index in [9.17, 15) is 0 Å². The Morgan fingerprint density at radius 1 is 1.10 bits per heavy atom. The third-order valence-corrected chi connectivity index (χ3v) is 3.04. The second kappa shape index (κ2) is 6.89. The summed E-state index contributed by atoms with van der Waals surface area (Å²) < 4.78 is 5.85. The summed E-state index contributed by atoms with van der Waals surface area (Å²) in [5.74, 6) is 1.82. The molecule has 0 amide bonds. The summed E-state index contributed by atoms with van der Waals surface area (Å²) in [6.45, 7) is 7.59. The van der Waals surface area contributed by atoms with Gasteiger partial charge in [0, 0.05) is 12.7 Å². The first-order valence-corrected chi connectivity index (χ1v) is 6.88. The zero-order valence-electron chi connectivity index (χ0n) is 12.3. The summed E-state index contributed by atoms with van der Waals surface area (Å²) in [5, 5.41) is 3.25. The molecule has 0 saturated carbocycles. The number of para-hydroxylation sites is 1. The molecule has 0 bridgehead atoms. The van der Waals surface area contributed by atoms with Crippen LogP contribution in [0.15, 0.2) is 30.6 Å². The molecule has 4 heteroatoms. The number of anilines is 1. The van der Waals surface area contributed by atoms with E-state index in [2.05, 4.69) is 47.3 Å². The van der Waals surface area contributed by atoms with E-state index in [1.54, 1.807) is 12.4 Å². The van der Waals surface area contributed by atoms with Crippen molar-refractivity contribution >= 4 is 5.82 Å². The number of nitrogens with one attached hydrogen (secondary N) is 1. The van der Waals surface area contributed by atoms with E-state index in [0.29, 0.717) is 6.61 Å². The molecule has 1 N–H and O–H groups in total. The highest BCUT2D eigenvalue weighted by molar-refractivity contribution is 5.39. The fourth-order valence-electron chi connectivity index (χ4n) is 2.04. The van der Waals surface area contributed by atoms with Crippen LogP contribution in [-0.4, -0.2) is 23.1 Å². The Balaban J connectivity index is 1.74. The van der Waals surface area contributed by atoms with Crippen molar-refractivity contribution in [2.24, 2.45) is 0 Å². The van der Waals surface area contributed by atoms with E-state index in [-0.39, 0.29) is 0 Å². The second-order valence-electron chi connectivity index (χ2n) is 4.90. The fraction of sp³-hybridized carbons (Fsp3) is 0.375. The van der Waals surface area contributed by atoms with Gasteiger partial charge in [0.25, 0.3) is 0 Å². The summed E-state index contributed by atoms with van der Waals surface area (Å²) in [7, 11) is 0. The molecule has 0 aliphatic heterocycles. The Hall–Kier alpha value is -2.10. The molecule has 0 spiro atoms. The minimum absolute atomic E-state index is 0.692. The van der Waals surface area contributed by atoms with Gasteiger partial charge < -0.3 is 10.1 Å². The Morgan fingerprint density at radius 3 is 2.55 bits per heavy atom. The van der Waals surface area contributed by atoms with Crippen molar-refractivity contribution in [1.82, 2.24) is 9.97 Å². The van der Waals surface area contributed by atoms with Crippen LogP contribution in [0.25, 0.3) is 0 Å². The average Bonchev–Trinajstić information content (AvgIpc) is 2.41. The van der Waals surface area contributed by atoms with Crippen LogP contribution in [0.4, 0.5) is 5.82 Å². The average molecular weight is 271 g/mol. The molecule has 4 nitrogen and oxygen atoms in total. The van der Waals surface area contributed by atoms with Gasteiger partial charge in [-0.3, -0.25) is 4.98 Å². The van der Waals surface area contributed by atoms with Crippen LogP contribution in [0.3, 0.4) is 0 Å². The molecule has 0 saturated heterocycles. The van der Waals surface area contributed by atoms with Gasteiger partial charge in [0.15, 0.2) is 0 Å². The van der Waals surface area contributed by atoms with Crippen molar-refractivity contribution in [3.8, 4) is 5.75 Å². The quantitative estimate of drug-likeness (QED) is 0.819. The molecule has 2 aromatic rings. The molecule has 0 unspecified atom stereocenters. The Bertz CT molecular complexity index is 549. The monoisotopic (exact) mass is 271 g/mol. The number of aromatic nitrogens is 2. The number of hydrogen-bond acceptors (Lipinski definition) is 4. The lowest BCUT2D eigenvalue weighted by Crippen LogP contribution is -2.09. The third kappa shape index (κ3) is 3.95. The molecule has 1 aromatic heterocycles. The van der Waals surface area contributed by atoms with Gasteiger partial charge >= 0.3 is 0 Å². The molecule has 0 radical (unpaired) electrons. The van der Waals surface area contributed by atoms with Gasteiger partial charge in [-0.15, -0.1) is 0 Å². The third-order valence-electron chi connectivity index (χ3n) is 3.04. The van der Waals surface area contributed by atoms with Crippen LogP contribution in [0.2, 0.25) is 0 Å². The van der Waals surface area contributed by atoms with Crippen LogP contribution in [0, 0.1) is 20.8 Å². The lowest BCUT2D eigenvalue weighted by atomic mass is 10.1. The number of benzene rings is 1. The Kier molecular flexibility index (Phi) is 4.93. The van der Waals surface area contributed by atoms with E-state index >= 15 is 0 Å². The van der Waals surface area contributed by atoms with E-state index in [4.69, 9.17) is 4.74 Å². The van der Waals surface area contributed by atoms with Gasteiger partial charge in [-0.2, -0.15) is 0 Å². The molecular weight excluding hydrogens is 250 g/mol. The van der Waals surface area contributed by atoms with Crippen molar-refractivity contribution < 1.29 is 4.74 Å². The van der Waals surface area contributed by atoms with E-state index in [1.165, 1.54) is 11.1 Å². The molecule has 0 aliphatic carbocycles. The topological polar surface area (TPSA) is 47.0 Å². The molecule has 0 aliphatic rings. The SMILES string of the molecule is Cc1cncc(NCCCOc2c(C)cccc2C)n1. The highest BCUT2D eigenvalue weighted by atomic mass is 16.5. The van der Waals surface area contributed by atoms with Gasteiger partial charge in [-0.25, -0.2) is 4.98 Å². The second-order valence-corrected chi connectivity index (χ2v) is 4.90. The van der Waals surface area contributed by atoms with Crippen LogP contribution < -0.4 is 10.1 Å². The summed E-state index contributed by atoms with van der Waals surface area (Å²) in [4.78, 5) is 8.44. The summed E-state index contributed by atoms with van der Waals surface area (Å²) >= 11 is 0. The van der Waals surface area contributed by atoms with E-state index in [0.717, 1.165) is 30.2 Å². The highest BCUT2D eigenvalue weighted by Gasteiger charge is 2.02. The van der Waals surface area contributed by atoms with Crippen molar-refractivity contribution in [3.63, 3.8) is 0 Å². The first kappa shape index (κ1) is 14.3. The van der Waals surface area contributed by atoms with Crippen molar-refractivity contribution in [2.45, 2.75) is 27.2 Å². The van der Waals surface area contributed by atoms with Gasteiger partial charge in [0.2, 0.25) is 0 Å². The normalized spacial score (nSPS) is 10.3. The maximum atomic E-state index is 5.85. The molecule has 0 atom stereocenters. The number of nitrogens with zero attached hydrogens (tertiary/aromatic N) is 2.